The van der Waals surface area contributed by atoms with Gasteiger partial charge in [-0.1, -0.05) is 0 Å². The van der Waals surface area contributed by atoms with Crippen LogP contribution >= 0.6 is 0 Å². The van der Waals surface area contributed by atoms with Crippen molar-refractivity contribution in [3.63, 3.8) is 0 Å². The van der Waals surface area contributed by atoms with Crippen LogP contribution in [0.1, 0.15) is 5.76 Å². The number of aromatic nitrogens is 2. The van der Waals surface area contributed by atoms with Gasteiger partial charge in [0, 0.05) is 20.2 Å². The SMILES string of the molecule is CN(C)c1cc(NCc2ccco2)ncn1. The highest BCUT2D eigenvalue weighted by Crippen LogP contribution is 2.12. The van der Waals surface area contributed by atoms with Crippen molar-refractivity contribution in [2.24, 2.45) is 0 Å². The fourth-order valence-electron chi connectivity index (χ4n) is 1.28. The molecule has 0 aromatic carbocycles. The van der Waals surface area contributed by atoms with Crippen molar-refractivity contribution in [2.45, 2.75) is 6.54 Å². The van der Waals surface area contributed by atoms with Gasteiger partial charge in [0.1, 0.15) is 23.7 Å². The Hall–Kier alpha value is -2.04. The van der Waals surface area contributed by atoms with Gasteiger partial charge < -0.3 is 14.6 Å². The third-order valence-electron chi connectivity index (χ3n) is 2.13. The lowest BCUT2D eigenvalue weighted by atomic mass is 10.4. The molecule has 0 fully saturated rings. The molecular weight excluding hydrogens is 204 g/mol. The Kier molecular flexibility index (Phi) is 3.05. The van der Waals surface area contributed by atoms with Crippen molar-refractivity contribution in [1.82, 2.24) is 9.97 Å². The summed E-state index contributed by atoms with van der Waals surface area (Å²) in [6.45, 7) is 0.622. The molecule has 0 radical (unpaired) electrons. The van der Waals surface area contributed by atoms with E-state index in [0.717, 1.165) is 17.4 Å². The monoisotopic (exact) mass is 218 g/mol. The zero-order valence-electron chi connectivity index (χ0n) is 9.34. The van der Waals surface area contributed by atoms with Crippen LogP contribution in [-0.2, 0) is 6.54 Å². The van der Waals surface area contributed by atoms with E-state index in [9.17, 15) is 0 Å². The van der Waals surface area contributed by atoms with E-state index in [2.05, 4.69) is 15.3 Å². The van der Waals surface area contributed by atoms with Gasteiger partial charge in [-0.25, -0.2) is 9.97 Å². The van der Waals surface area contributed by atoms with Gasteiger partial charge >= 0.3 is 0 Å². The molecular formula is C11H14N4O. The molecule has 2 rings (SSSR count). The Bertz CT molecular complexity index is 439. The Morgan fingerprint density at radius 1 is 1.38 bits per heavy atom. The van der Waals surface area contributed by atoms with Crippen LogP contribution in [-0.4, -0.2) is 24.1 Å². The molecule has 16 heavy (non-hydrogen) atoms. The number of anilines is 2. The summed E-state index contributed by atoms with van der Waals surface area (Å²) in [5.74, 6) is 2.54. The van der Waals surface area contributed by atoms with Crippen LogP contribution in [0.5, 0.6) is 0 Å². The van der Waals surface area contributed by atoms with E-state index in [1.54, 1.807) is 12.6 Å². The molecule has 2 aromatic heterocycles. The summed E-state index contributed by atoms with van der Waals surface area (Å²) in [7, 11) is 3.89. The molecule has 84 valence electrons. The van der Waals surface area contributed by atoms with Crippen LogP contribution in [0, 0.1) is 0 Å². The molecule has 1 N–H and O–H groups in total. The molecule has 0 aliphatic carbocycles. The molecule has 0 spiro atoms. The summed E-state index contributed by atoms with van der Waals surface area (Å²) < 4.78 is 5.22. The van der Waals surface area contributed by atoms with Gasteiger partial charge in [0.2, 0.25) is 0 Å². The highest BCUT2D eigenvalue weighted by atomic mass is 16.3. The van der Waals surface area contributed by atoms with E-state index in [1.807, 2.05) is 37.2 Å². The quantitative estimate of drug-likeness (QED) is 0.847. The Morgan fingerprint density at radius 3 is 2.94 bits per heavy atom. The molecule has 5 heteroatoms. The van der Waals surface area contributed by atoms with Gasteiger partial charge in [-0.2, -0.15) is 0 Å². The number of rotatable bonds is 4. The van der Waals surface area contributed by atoms with Crippen LogP contribution in [0.4, 0.5) is 11.6 Å². The zero-order chi connectivity index (χ0) is 11.4. The third kappa shape index (κ3) is 2.50. The molecule has 0 unspecified atom stereocenters. The van der Waals surface area contributed by atoms with Crippen molar-refractivity contribution in [1.29, 1.82) is 0 Å². The first-order valence-corrected chi connectivity index (χ1v) is 5.01. The number of furan rings is 1. The maximum atomic E-state index is 5.22. The van der Waals surface area contributed by atoms with Gasteiger partial charge in [0.15, 0.2) is 0 Å². The largest absolute Gasteiger partial charge is 0.467 e. The molecule has 5 nitrogen and oxygen atoms in total. The minimum absolute atomic E-state index is 0.622. The third-order valence-corrected chi connectivity index (χ3v) is 2.13. The first-order chi connectivity index (χ1) is 7.75. The summed E-state index contributed by atoms with van der Waals surface area (Å²) in [4.78, 5) is 10.2. The van der Waals surface area contributed by atoms with Gasteiger partial charge in [-0.15, -0.1) is 0 Å². The van der Waals surface area contributed by atoms with Crippen LogP contribution in [0.15, 0.2) is 35.2 Å². The summed E-state index contributed by atoms with van der Waals surface area (Å²) in [6.07, 6.45) is 3.20. The number of nitrogens with one attached hydrogen (secondary N) is 1. The summed E-state index contributed by atoms with van der Waals surface area (Å²) in [6, 6.07) is 5.67. The number of nitrogens with zero attached hydrogens (tertiary/aromatic N) is 3. The molecule has 2 aromatic rings. The predicted molar refractivity (Wildman–Crippen MR) is 62.4 cm³/mol. The number of hydrogen-bond acceptors (Lipinski definition) is 5. The van der Waals surface area contributed by atoms with Crippen molar-refractivity contribution >= 4 is 11.6 Å². The minimum Gasteiger partial charge on any atom is -0.467 e. The molecule has 0 bridgehead atoms. The van der Waals surface area contributed by atoms with E-state index in [1.165, 1.54) is 0 Å². The van der Waals surface area contributed by atoms with Gasteiger partial charge in [0.25, 0.3) is 0 Å². The molecule has 0 atom stereocenters. The lowest BCUT2D eigenvalue weighted by Crippen LogP contribution is -2.11. The Labute approximate surface area is 94.1 Å². The molecule has 0 aliphatic rings. The molecule has 0 saturated carbocycles. The Morgan fingerprint density at radius 2 is 2.25 bits per heavy atom. The average molecular weight is 218 g/mol. The molecule has 0 amide bonds. The van der Waals surface area contributed by atoms with E-state index in [0.29, 0.717) is 6.54 Å². The summed E-state index contributed by atoms with van der Waals surface area (Å²) in [5, 5.41) is 3.17. The van der Waals surface area contributed by atoms with Crippen LogP contribution in [0.25, 0.3) is 0 Å². The number of hydrogen-bond donors (Lipinski definition) is 1. The lowest BCUT2D eigenvalue weighted by molar-refractivity contribution is 0.518. The maximum absolute atomic E-state index is 5.22. The van der Waals surface area contributed by atoms with Crippen LogP contribution in [0.2, 0.25) is 0 Å². The zero-order valence-corrected chi connectivity index (χ0v) is 9.34. The van der Waals surface area contributed by atoms with Crippen LogP contribution < -0.4 is 10.2 Å². The second-order valence-corrected chi connectivity index (χ2v) is 3.59. The fourth-order valence-corrected chi connectivity index (χ4v) is 1.28. The minimum atomic E-state index is 0.622. The van der Waals surface area contributed by atoms with Gasteiger partial charge in [-0.3, -0.25) is 0 Å². The van der Waals surface area contributed by atoms with Gasteiger partial charge in [-0.05, 0) is 12.1 Å². The first kappa shape index (κ1) is 10.5. The van der Waals surface area contributed by atoms with Crippen LogP contribution in [0.3, 0.4) is 0 Å². The van der Waals surface area contributed by atoms with Gasteiger partial charge in [0.05, 0.1) is 12.8 Å². The van der Waals surface area contributed by atoms with E-state index in [4.69, 9.17) is 4.42 Å². The molecule has 0 aliphatic heterocycles. The molecule has 2 heterocycles. The van der Waals surface area contributed by atoms with Crippen molar-refractivity contribution in [3.8, 4) is 0 Å². The van der Waals surface area contributed by atoms with Crippen molar-refractivity contribution in [2.75, 3.05) is 24.3 Å². The predicted octanol–water partition coefficient (Wildman–Crippen LogP) is 1.75. The fraction of sp³-hybridized carbons (Fsp3) is 0.273. The molecule has 0 saturated heterocycles. The van der Waals surface area contributed by atoms with E-state index < -0.39 is 0 Å². The highest BCUT2D eigenvalue weighted by Gasteiger charge is 2.01. The van der Waals surface area contributed by atoms with Crippen molar-refractivity contribution in [3.05, 3.63) is 36.5 Å². The Balaban J connectivity index is 2.01. The normalized spacial score (nSPS) is 10.1. The second kappa shape index (κ2) is 4.65. The maximum Gasteiger partial charge on any atom is 0.133 e. The second-order valence-electron chi connectivity index (χ2n) is 3.59. The van der Waals surface area contributed by atoms with Crippen molar-refractivity contribution < 1.29 is 4.42 Å². The smallest absolute Gasteiger partial charge is 0.133 e. The summed E-state index contributed by atoms with van der Waals surface area (Å²) in [5.41, 5.74) is 0. The van der Waals surface area contributed by atoms with E-state index in [-0.39, 0.29) is 0 Å². The average Bonchev–Trinajstić information content (AvgIpc) is 2.79. The van der Waals surface area contributed by atoms with E-state index >= 15 is 0 Å². The lowest BCUT2D eigenvalue weighted by Gasteiger charge is -2.11. The topological polar surface area (TPSA) is 54.2 Å². The standard InChI is InChI=1S/C11H14N4O/c1-15(2)11-6-10(13-8-14-11)12-7-9-4-3-5-16-9/h3-6,8H,7H2,1-2H3,(H,12,13,14). The highest BCUT2D eigenvalue weighted by molar-refractivity contribution is 5.47. The summed E-state index contributed by atoms with van der Waals surface area (Å²) >= 11 is 0. The first-order valence-electron chi connectivity index (χ1n) is 5.01.